The summed E-state index contributed by atoms with van der Waals surface area (Å²) in [5.41, 5.74) is 8.68. The minimum absolute atomic E-state index is 0.00986. The number of nitrogens with one attached hydrogen (secondary N) is 2. The molecule has 4 rings (SSSR count). The lowest BCUT2D eigenvalue weighted by Gasteiger charge is -2.49. The summed E-state index contributed by atoms with van der Waals surface area (Å²) in [6.45, 7) is 0.457. The van der Waals surface area contributed by atoms with E-state index in [1.165, 1.54) is 28.4 Å². The molecule has 1 fully saturated rings. The molecule has 10 nitrogen and oxygen atoms in total. The van der Waals surface area contributed by atoms with E-state index in [-0.39, 0.29) is 23.9 Å². The summed E-state index contributed by atoms with van der Waals surface area (Å²) < 4.78 is 0. The van der Waals surface area contributed by atoms with Gasteiger partial charge < -0.3 is 16.2 Å². The van der Waals surface area contributed by atoms with Crippen LogP contribution < -0.4 is 11.1 Å². The predicted molar refractivity (Wildman–Crippen MR) is 116 cm³/mol. The minimum Gasteiger partial charge on any atom is -0.477 e. The van der Waals surface area contributed by atoms with E-state index in [1.807, 2.05) is 0 Å². The summed E-state index contributed by atoms with van der Waals surface area (Å²) in [4.78, 5) is 38.6. The Labute approximate surface area is 187 Å². The van der Waals surface area contributed by atoms with E-state index in [9.17, 15) is 19.5 Å². The van der Waals surface area contributed by atoms with Crippen molar-refractivity contribution in [1.82, 2.24) is 25.6 Å². The molecular formula is C19H24N6O4S2. The van der Waals surface area contributed by atoms with Crippen LogP contribution in [-0.4, -0.2) is 72.7 Å². The zero-order chi connectivity index (χ0) is 22.0. The topological polar surface area (TPSA) is 154 Å². The second kappa shape index (κ2) is 9.45. The molecule has 1 unspecified atom stereocenters. The smallest absolute Gasteiger partial charge is 0.352 e. The number of fused-ring (bicyclic) bond motifs is 1. The molecule has 3 aliphatic rings. The molecule has 31 heavy (non-hydrogen) atoms. The van der Waals surface area contributed by atoms with E-state index in [1.54, 1.807) is 6.20 Å². The number of carboxylic acids is 1. The number of aromatic amines is 1. The van der Waals surface area contributed by atoms with Crippen LogP contribution >= 0.6 is 23.5 Å². The Morgan fingerprint density at radius 2 is 2.10 bits per heavy atom. The standard InChI is InChI=1S/C19H24N6O4S2/c20-6-11-4-2-1-3-10(11)5-13(26)22-15-17(27)25-16(19(28)29)12(9-31-18(15)25)8-30-14-7-21-24-23-14/h7,15,18H,1-6,8-9,20H2,(H,22,26)(H,28,29)(H,21,23,24)/t15?,18-/m1/s1. The van der Waals surface area contributed by atoms with Crippen molar-refractivity contribution in [3.05, 3.63) is 28.6 Å². The van der Waals surface area contributed by atoms with Gasteiger partial charge in [-0.25, -0.2) is 4.79 Å². The minimum atomic E-state index is -1.14. The van der Waals surface area contributed by atoms with Crippen molar-refractivity contribution in [2.45, 2.75) is 48.5 Å². The van der Waals surface area contributed by atoms with E-state index in [0.29, 0.717) is 28.6 Å². The lowest BCUT2D eigenvalue weighted by Crippen LogP contribution is -2.70. The molecule has 0 bridgehead atoms. The first-order chi connectivity index (χ1) is 15.0. The van der Waals surface area contributed by atoms with E-state index < -0.39 is 17.4 Å². The van der Waals surface area contributed by atoms with E-state index in [0.717, 1.165) is 36.8 Å². The van der Waals surface area contributed by atoms with Gasteiger partial charge in [-0.15, -0.1) is 16.9 Å². The molecule has 2 amide bonds. The highest BCUT2D eigenvalue weighted by molar-refractivity contribution is 8.01. The number of hydrogen-bond donors (Lipinski definition) is 4. The Morgan fingerprint density at radius 3 is 2.77 bits per heavy atom. The van der Waals surface area contributed by atoms with Gasteiger partial charge >= 0.3 is 5.97 Å². The normalized spacial score (nSPS) is 23.5. The zero-order valence-electron chi connectivity index (χ0n) is 16.8. The highest BCUT2D eigenvalue weighted by Crippen LogP contribution is 2.41. The summed E-state index contributed by atoms with van der Waals surface area (Å²) in [5.74, 6) is -0.877. The van der Waals surface area contributed by atoms with Crippen molar-refractivity contribution < 1.29 is 19.5 Å². The molecule has 0 aromatic carbocycles. The molecular weight excluding hydrogens is 440 g/mol. The van der Waals surface area contributed by atoms with Gasteiger partial charge in [-0.05, 0) is 31.3 Å². The monoisotopic (exact) mass is 464 g/mol. The fourth-order valence-corrected chi connectivity index (χ4v) is 6.39. The average molecular weight is 465 g/mol. The maximum Gasteiger partial charge on any atom is 0.352 e. The van der Waals surface area contributed by atoms with Crippen molar-refractivity contribution in [1.29, 1.82) is 0 Å². The molecule has 2 aliphatic heterocycles. The number of aliphatic carboxylic acids is 1. The zero-order valence-corrected chi connectivity index (χ0v) is 18.4. The van der Waals surface area contributed by atoms with E-state index >= 15 is 0 Å². The largest absolute Gasteiger partial charge is 0.477 e. The number of aromatic nitrogens is 3. The van der Waals surface area contributed by atoms with Gasteiger partial charge in [-0.1, -0.05) is 22.9 Å². The van der Waals surface area contributed by atoms with Gasteiger partial charge in [0.15, 0.2) is 0 Å². The Bertz CT molecular complexity index is 945. The van der Waals surface area contributed by atoms with Crippen molar-refractivity contribution in [2.75, 3.05) is 18.1 Å². The number of rotatable bonds is 8. The van der Waals surface area contributed by atoms with Crippen LogP contribution in [0.1, 0.15) is 32.1 Å². The van der Waals surface area contributed by atoms with Crippen LogP contribution in [0, 0.1) is 0 Å². The molecule has 0 spiro atoms. The van der Waals surface area contributed by atoms with Crippen molar-refractivity contribution in [2.24, 2.45) is 5.73 Å². The molecule has 0 saturated carbocycles. The van der Waals surface area contributed by atoms with Crippen LogP contribution in [0.25, 0.3) is 0 Å². The maximum atomic E-state index is 12.8. The highest BCUT2D eigenvalue weighted by Gasteiger charge is 2.54. The Morgan fingerprint density at radius 1 is 1.32 bits per heavy atom. The lowest BCUT2D eigenvalue weighted by molar-refractivity contribution is -0.150. The number of amides is 2. The number of hydrogen-bond acceptors (Lipinski definition) is 8. The average Bonchev–Trinajstić information content (AvgIpc) is 3.29. The fourth-order valence-electron chi connectivity index (χ4n) is 4.12. The van der Waals surface area contributed by atoms with Crippen molar-refractivity contribution >= 4 is 41.3 Å². The number of nitrogens with zero attached hydrogens (tertiary/aromatic N) is 3. The molecule has 2 atom stereocenters. The van der Waals surface area contributed by atoms with E-state index in [4.69, 9.17) is 5.73 Å². The number of β-lactam (4-membered cyclic amide) rings is 1. The first-order valence-electron chi connectivity index (χ1n) is 10.1. The van der Waals surface area contributed by atoms with Crippen LogP contribution in [0.5, 0.6) is 0 Å². The first kappa shape index (κ1) is 21.9. The second-order valence-corrected chi connectivity index (χ2v) is 9.70. The van der Waals surface area contributed by atoms with Gasteiger partial charge in [0.2, 0.25) is 5.91 Å². The van der Waals surface area contributed by atoms with Crippen LogP contribution in [-0.2, 0) is 14.4 Å². The predicted octanol–water partition coefficient (Wildman–Crippen LogP) is 0.855. The summed E-state index contributed by atoms with van der Waals surface area (Å²) in [7, 11) is 0. The number of carboxylic acid groups (broad SMARTS) is 1. The molecule has 12 heteroatoms. The fraction of sp³-hybridized carbons (Fsp3) is 0.526. The number of nitrogens with two attached hydrogens (primary N) is 1. The van der Waals surface area contributed by atoms with Crippen molar-refractivity contribution in [3.63, 3.8) is 0 Å². The SMILES string of the molecule is NCC1=C(CC(=O)NC2C(=O)N3C(C(=O)O)=C(CSc4cn[nH]n4)CS[C@H]23)CCCC1. The summed E-state index contributed by atoms with van der Waals surface area (Å²) in [6.07, 6.45) is 5.73. The maximum absolute atomic E-state index is 12.8. The third-order valence-corrected chi connectivity index (χ3v) is 8.01. The number of carbonyl (C=O) groups is 3. The van der Waals surface area contributed by atoms with E-state index in [2.05, 4.69) is 20.7 Å². The highest BCUT2D eigenvalue weighted by atomic mass is 32.2. The van der Waals surface area contributed by atoms with Crippen LogP contribution in [0.2, 0.25) is 0 Å². The Balaban J connectivity index is 1.42. The van der Waals surface area contributed by atoms with Crippen LogP contribution in [0.4, 0.5) is 0 Å². The molecule has 1 aliphatic carbocycles. The molecule has 5 N–H and O–H groups in total. The van der Waals surface area contributed by atoms with Crippen molar-refractivity contribution in [3.8, 4) is 0 Å². The first-order valence-corrected chi connectivity index (χ1v) is 12.1. The van der Waals surface area contributed by atoms with Gasteiger partial charge in [0.05, 0.1) is 6.20 Å². The van der Waals surface area contributed by atoms with Gasteiger partial charge in [-0.3, -0.25) is 14.5 Å². The van der Waals surface area contributed by atoms with Gasteiger partial charge in [0, 0.05) is 24.5 Å². The Kier molecular flexibility index (Phi) is 6.68. The molecule has 1 saturated heterocycles. The third-order valence-electron chi connectivity index (χ3n) is 5.68. The van der Waals surface area contributed by atoms with Gasteiger partial charge in [0.1, 0.15) is 22.1 Å². The summed E-state index contributed by atoms with van der Waals surface area (Å²) in [6, 6.07) is -0.706. The van der Waals surface area contributed by atoms with Gasteiger partial charge in [-0.2, -0.15) is 10.3 Å². The molecule has 166 valence electrons. The summed E-state index contributed by atoms with van der Waals surface area (Å²) in [5, 5.41) is 23.0. The lowest BCUT2D eigenvalue weighted by atomic mass is 9.89. The number of H-pyrrole nitrogens is 1. The quantitative estimate of drug-likeness (QED) is 0.249. The van der Waals surface area contributed by atoms with Crippen LogP contribution in [0.15, 0.2) is 33.6 Å². The molecule has 3 heterocycles. The van der Waals surface area contributed by atoms with Crippen LogP contribution in [0.3, 0.4) is 0 Å². The third kappa shape index (κ3) is 4.51. The summed E-state index contributed by atoms with van der Waals surface area (Å²) >= 11 is 2.82. The molecule has 0 radical (unpaired) electrons. The second-order valence-electron chi connectivity index (χ2n) is 7.60. The number of thioether (sulfide) groups is 2. The number of carbonyl (C=O) groups excluding carboxylic acids is 2. The van der Waals surface area contributed by atoms with Gasteiger partial charge in [0.25, 0.3) is 5.91 Å². The molecule has 1 aromatic rings. The Hall–Kier alpha value is -2.31. The molecule has 1 aromatic heterocycles.